The van der Waals surface area contributed by atoms with Crippen LogP contribution in [0.5, 0.6) is 5.75 Å². The van der Waals surface area contributed by atoms with Crippen LogP contribution in [0, 0.1) is 6.92 Å². The van der Waals surface area contributed by atoms with Gasteiger partial charge in [-0.25, -0.2) is 0 Å². The van der Waals surface area contributed by atoms with Crippen molar-refractivity contribution in [2.45, 2.75) is 6.92 Å². The quantitative estimate of drug-likeness (QED) is 0.885. The highest BCUT2D eigenvalue weighted by Gasteiger charge is 2.05. The number of anilines is 2. The summed E-state index contributed by atoms with van der Waals surface area (Å²) in [6, 6.07) is 12.8. The molecule has 0 spiro atoms. The maximum Gasteiger partial charge on any atom is 0.243 e. The highest BCUT2D eigenvalue weighted by Crippen LogP contribution is 2.22. The Kier molecular flexibility index (Phi) is 5.06. The van der Waals surface area contributed by atoms with Crippen molar-refractivity contribution < 1.29 is 9.53 Å². The van der Waals surface area contributed by atoms with Crippen molar-refractivity contribution in [1.82, 2.24) is 0 Å². The normalized spacial score (nSPS) is 10.0. The van der Waals surface area contributed by atoms with Gasteiger partial charge in [0.15, 0.2) is 0 Å². The summed E-state index contributed by atoms with van der Waals surface area (Å²) < 4.78 is 5.11. The van der Waals surface area contributed by atoms with E-state index >= 15 is 0 Å². The molecule has 2 aromatic rings. The van der Waals surface area contributed by atoms with E-state index in [9.17, 15) is 4.79 Å². The molecule has 2 rings (SSSR count). The van der Waals surface area contributed by atoms with E-state index in [0.29, 0.717) is 16.5 Å². The van der Waals surface area contributed by atoms with Crippen molar-refractivity contribution in [3.8, 4) is 5.75 Å². The van der Waals surface area contributed by atoms with Crippen molar-refractivity contribution in [2.75, 3.05) is 24.3 Å². The lowest BCUT2D eigenvalue weighted by Crippen LogP contribution is -2.21. The molecule has 0 unspecified atom stereocenters. The molecule has 21 heavy (non-hydrogen) atoms. The number of carbonyl (C=O) groups is 1. The third-order valence-corrected chi connectivity index (χ3v) is 3.24. The fraction of sp³-hybridized carbons (Fsp3) is 0.188. The van der Waals surface area contributed by atoms with Gasteiger partial charge in [-0.3, -0.25) is 4.79 Å². The van der Waals surface area contributed by atoms with Gasteiger partial charge in [0.25, 0.3) is 0 Å². The Labute approximate surface area is 129 Å². The van der Waals surface area contributed by atoms with E-state index in [-0.39, 0.29) is 12.5 Å². The number of halogens is 1. The van der Waals surface area contributed by atoms with Crippen LogP contribution in [-0.4, -0.2) is 19.6 Å². The molecule has 2 N–H and O–H groups in total. The van der Waals surface area contributed by atoms with E-state index < -0.39 is 0 Å². The number of nitrogens with one attached hydrogen (secondary N) is 2. The molecule has 0 aliphatic heterocycles. The van der Waals surface area contributed by atoms with E-state index in [1.807, 2.05) is 31.2 Å². The van der Waals surface area contributed by atoms with Crippen LogP contribution in [0.2, 0.25) is 5.02 Å². The SMILES string of the molecule is COc1cccc(NC(=O)CNc2cc(C)ccc2Cl)c1. The van der Waals surface area contributed by atoms with E-state index in [0.717, 1.165) is 11.3 Å². The van der Waals surface area contributed by atoms with Gasteiger partial charge in [-0.2, -0.15) is 0 Å². The first-order valence-electron chi connectivity index (χ1n) is 6.52. The minimum Gasteiger partial charge on any atom is -0.497 e. The average molecular weight is 305 g/mol. The number of benzene rings is 2. The van der Waals surface area contributed by atoms with Crippen LogP contribution in [0.3, 0.4) is 0 Å². The second-order valence-corrected chi connectivity index (χ2v) is 5.02. The highest BCUT2D eigenvalue weighted by atomic mass is 35.5. The van der Waals surface area contributed by atoms with Gasteiger partial charge >= 0.3 is 0 Å². The zero-order valence-electron chi connectivity index (χ0n) is 11.9. The lowest BCUT2D eigenvalue weighted by molar-refractivity contribution is -0.114. The third-order valence-electron chi connectivity index (χ3n) is 2.91. The van der Waals surface area contributed by atoms with Crippen LogP contribution in [0.25, 0.3) is 0 Å². The van der Waals surface area contributed by atoms with Gasteiger partial charge in [0.1, 0.15) is 5.75 Å². The summed E-state index contributed by atoms with van der Waals surface area (Å²) >= 11 is 6.07. The van der Waals surface area contributed by atoms with Crippen LogP contribution < -0.4 is 15.4 Å². The van der Waals surface area contributed by atoms with E-state index in [1.54, 1.807) is 25.3 Å². The zero-order valence-corrected chi connectivity index (χ0v) is 12.7. The molecular formula is C16H17ClN2O2. The number of hydrogen-bond donors (Lipinski definition) is 2. The van der Waals surface area contributed by atoms with Crippen molar-refractivity contribution in [1.29, 1.82) is 0 Å². The largest absolute Gasteiger partial charge is 0.497 e. The molecule has 0 aliphatic rings. The lowest BCUT2D eigenvalue weighted by atomic mass is 10.2. The molecule has 0 saturated carbocycles. The summed E-state index contributed by atoms with van der Waals surface area (Å²) in [5.74, 6) is 0.545. The maximum atomic E-state index is 11.9. The van der Waals surface area contributed by atoms with Crippen LogP contribution in [0.1, 0.15) is 5.56 Å². The van der Waals surface area contributed by atoms with Crippen molar-refractivity contribution in [3.05, 3.63) is 53.1 Å². The number of methoxy groups -OCH3 is 1. The van der Waals surface area contributed by atoms with Gasteiger partial charge in [0, 0.05) is 11.8 Å². The van der Waals surface area contributed by atoms with E-state index in [1.165, 1.54) is 0 Å². The average Bonchev–Trinajstić information content (AvgIpc) is 2.48. The molecule has 0 aromatic heterocycles. The minimum atomic E-state index is -0.152. The maximum absolute atomic E-state index is 11.9. The van der Waals surface area contributed by atoms with Crippen molar-refractivity contribution in [2.24, 2.45) is 0 Å². The smallest absolute Gasteiger partial charge is 0.243 e. The number of hydrogen-bond acceptors (Lipinski definition) is 3. The highest BCUT2D eigenvalue weighted by molar-refractivity contribution is 6.33. The van der Waals surface area contributed by atoms with Crippen molar-refractivity contribution >= 4 is 28.9 Å². The van der Waals surface area contributed by atoms with Gasteiger partial charge in [-0.15, -0.1) is 0 Å². The summed E-state index contributed by atoms with van der Waals surface area (Å²) in [6.07, 6.45) is 0. The Morgan fingerprint density at radius 1 is 1.24 bits per heavy atom. The molecule has 0 saturated heterocycles. The minimum absolute atomic E-state index is 0.139. The molecule has 0 bridgehead atoms. The molecule has 1 amide bonds. The van der Waals surface area contributed by atoms with E-state index in [2.05, 4.69) is 10.6 Å². The van der Waals surface area contributed by atoms with Gasteiger partial charge in [0.05, 0.1) is 24.4 Å². The third kappa shape index (κ3) is 4.39. The first kappa shape index (κ1) is 15.2. The summed E-state index contributed by atoms with van der Waals surface area (Å²) in [5.41, 5.74) is 2.52. The van der Waals surface area contributed by atoms with E-state index in [4.69, 9.17) is 16.3 Å². The first-order valence-corrected chi connectivity index (χ1v) is 6.90. The predicted molar refractivity (Wildman–Crippen MR) is 86.3 cm³/mol. The zero-order chi connectivity index (χ0) is 15.2. The number of rotatable bonds is 5. The molecule has 4 nitrogen and oxygen atoms in total. The number of carbonyl (C=O) groups excluding carboxylic acids is 1. The second-order valence-electron chi connectivity index (χ2n) is 4.62. The van der Waals surface area contributed by atoms with Gasteiger partial charge in [-0.1, -0.05) is 23.7 Å². The fourth-order valence-electron chi connectivity index (χ4n) is 1.86. The molecule has 0 heterocycles. The Morgan fingerprint density at radius 2 is 2.05 bits per heavy atom. The van der Waals surface area contributed by atoms with Crippen molar-refractivity contribution in [3.63, 3.8) is 0 Å². The number of amides is 1. The van der Waals surface area contributed by atoms with Gasteiger partial charge in [0.2, 0.25) is 5.91 Å². The topological polar surface area (TPSA) is 50.4 Å². The molecule has 5 heteroatoms. The first-order chi connectivity index (χ1) is 10.1. The lowest BCUT2D eigenvalue weighted by Gasteiger charge is -2.10. The number of aryl methyl sites for hydroxylation is 1. The Bertz CT molecular complexity index is 644. The Balaban J connectivity index is 1.94. The fourth-order valence-corrected chi connectivity index (χ4v) is 2.04. The molecule has 0 aliphatic carbocycles. The Hall–Kier alpha value is -2.20. The predicted octanol–water partition coefficient (Wildman–Crippen LogP) is 3.71. The molecular weight excluding hydrogens is 288 g/mol. The monoisotopic (exact) mass is 304 g/mol. The molecule has 110 valence electrons. The summed E-state index contributed by atoms with van der Waals surface area (Å²) in [5, 5.41) is 6.42. The molecule has 0 atom stereocenters. The van der Waals surface area contributed by atoms with Crippen LogP contribution in [-0.2, 0) is 4.79 Å². The van der Waals surface area contributed by atoms with Gasteiger partial charge < -0.3 is 15.4 Å². The summed E-state index contributed by atoms with van der Waals surface area (Å²) in [6.45, 7) is 2.11. The summed E-state index contributed by atoms with van der Waals surface area (Å²) in [7, 11) is 1.59. The molecule has 0 radical (unpaired) electrons. The molecule has 2 aromatic carbocycles. The second kappa shape index (κ2) is 6.99. The summed E-state index contributed by atoms with van der Waals surface area (Å²) in [4.78, 5) is 11.9. The van der Waals surface area contributed by atoms with Crippen LogP contribution in [0.15, 0.2) is 42.5 Å². The van der Waals surface area contributed by atoms with Crippen LogP contribution in [0.4, 0.5) is 11.4 Å². The molecule has 0 fully saturated rings. The van der Waals surface area contributed by atoms with Gasteiger partial charge in [-0.05, 0) is 36.8 Å². The number of ether oxygens (including phenoxy) is 1. The van der Waals surface area contributed by atoms with Crippen LogP contribution >= 0.6 is 11.6 Å². The standard InChI is InChI=1S/C16H17ClN2O2/c1-11-6-7-14(17)15(8-11)18-10-16(20)19-12-4-3-5-13(9-12)21-2/h3-9,18H,10H2,1-2H3,(H,19,20). The Morgan fingerprint density at radius 3 is 2.81 bits per heavy atom.